The third kappa shape index (κ3) is 1.92. The zero-order valence-electron chi connectivity index (χ0n) is 10.9. The van der Waals surface area contributed by atoms with Crippen molar-refractivity contribution in [2.75, 3.05) is 13.1 Å². The summed E-state index contributed by atoms with van der Waals surface area (Å²) in [6, 6.07) is -1.11. The van der Waals surface area contributed by atoms with Crippen LogP contribution in [0, 0.1) is 5.92 Å². The van der Waals surface area contributed by atoms with Crippen molar-refractivity contribution in [1.29, 1.82) is 0 Å². The zero-order valence-corrected chi connectivity index (χ0v) is 10.9. The van der Waals surface area contributed by atoms with Crippen LogP contribution in [0.5, 0.6) is 0 Å². The summed E-state index contributed by atoms with van der Waals surface area (Å²) in [5.41, 5.74) is 4.21. The Balaban J connectivity index is 2.08. The predicted molar refractivity (Wildman–Crippen MR) is 71.3 cm³/mol. The molecule has 108 valence electrons. The van der Waals surface area contributed by atoms with E-state index < -0.39 is 23.3 Å². The summed E-state index contributed by atoms with van der Waals surface area (Å²) in [4.78, 5) is 37.5. The van der Waals surface area contributed by atoms with E-state index in [9.17, 15) is 14.4 Å². The number of H-pyrrole nitrogens is 1. The number of piperidine rings is 1. The lowest BCUT2D eigenvalue weighted by Crippen LogP contribution is -2.43. The van der Waals surface area contributed by atoms with Gasteiger partial charge in [-0.05, 0) is 31.8 Å². The van der Waals surface area contributed by atoms with Crippen LogP contribution in [-0.2, 0) is 4.79 Å². The van der Waals surface area contributed by atoms with E-state index >= 15 is 0 Å². The minimum Gasteiger partial charge on any atom is -0.368 e. The van der Waals surface area contributed by atoms with Crippen LogP contribution in [0.1, 0.15) is 24.9 Å². The second-order valence-corrected chi connectivity index (χ2v) is 5.23. The standard InChI is InChI=1S/C12H17N5O3/c13-10(18)9-2-1-8(7-3-5-14-6-4-7)16-11(19)15-12(20)17(9)16/h1-2,7-9,14H,3-6H2,(H2,13,18)(H,15,19,20). The highest BCUT2D eigenvalue weighted by molar-refractivity contribution is 5.80. The third-order valence-corrected chi connectivity index (χ3v) is 4.06. The van der Waals surface area contributed by atoms with Crippen molar-refractivity contribution in [2.45, 2.75) is 24.9 Å². The van der Waals surface area contributed by atoms with Crippen LogP contribution in [0.25, 0.3) is 0 Å². The minimum absolute atomic E-state index is 0.209. The molecule has 8 nitrogen and oxygen atoms in total. The lowest BCUT2D eigenvalue weighted by Gasteiger charge is -2.33. The number of amides is 1. The summed E-state index contributed by atoms with van der Waals surface area (Å²) in [7, 11) is 0. The van der Waals surface area contributed by atoms with Crippen molar-refractivity contribution in [1.82, 2.24) is 19.7 Å². The smallest absolute Gasteiger partial charge is 0.345 e. The highest BCUT2D eigenvalue weighted by atomic mass is 16.2. The second-order valence-electron chi connectivity index (χ2n) is 5.23. The lowest BCUT2D eigenvalue weighted by atomic mass is 9.89. The predicted octanol–water partition coefficient (Wildman–Crippen LogP) is -1.52. The number of primary amides is 1. The quantitative estimate of drug-likeness (QED) is 0.570. The summed E-state index contributed by atoms with van der Waals surface area (Å²) in [5.74, 6) is -0.389. The van der Waals surface area contributed by atoms with E-state index in [-0.39, 0.29) is 12.0 Å². The van der Waals surface area contributed by atoms with E-state index in [0.717, 1.165) is 30.6 Å². The average Bonchev–Trinajstić information content (AvgIpc) is 2.75. The molecule has 1 amide bonds. The number of allylic oxidation sites excluding steroid dienone is 1. The molecule has 0 spiro atoms. The van der Waals surface area contributed by atoms with E-state index in [1.807, 2.05) is 6.08 Å². The third-order valence-electron chi connectivity index (χ3n) is 4.06. The molecule has 2 aliphatic rings. The highest BCUT2D eigenvalue weighted by Gasteiger charge is 2.33. The molecule has 20 heavy (non-hydrogen) atoms. The van der Waals surface area contributed by atoms with Crippen LogP contribution in [0.4, 0.5) is 0 Å². The number of carbonyl (C=O) groups excluding carboxylic acids is 1. The monoisotopic (exact) mass is 279 g/mol. The summed E-state index contributed by atoms with van der Waals surface area (Å²) in [5, 5.41) is 3.26. The van der Waals surface area contributed by atoms with Crippen molar-refractivity contribution in [3.63, 3.8) is 0 Å². The first kappa shape index (κ1) is 12.9. The molecule has 0 radical (unpaired) electrons. The molecule has 2 atom stereocenters. The van der Waals surface area contributed by atoms with E-state index in [1.54, 1.807) is 6.08 Å². The second kappa shape index (κ2) is 4.78. The van der Waals surface area contributed by atoms with Gasteiger partial charge in [-0.1, -0.05) is 12.2 Å². The van der Waals surface area contributed by atoms with Crippen LogP contribution < -0.4 is 22.4 Å². The molecule has 0 bridgehead atoms. The molecule has 8 heteroatoms. The fraction of sp³-hybridized carbons (Fsp3) is 0.583. The highest BCUT2D eigenvalue weighted by Crippen LogP contribution is 2.30. The lowest BCUT2D eigenvalue weighted by molar-refractivity contribution is -0.120. The largest absolute Gasteiger partial charge is 0.368 e. The van der Waals surface area contributed by atoms with Crippen LogP contribution in [0.3, 0.4) is 0 Å². The van der Waals surface area contributed by atoms with Crippen LogP contribution in [0.2, 0.25) is 0 Å². The molecule has 0 aliphatic carbocycles. The molecule has 0 aromatic carbocycles. The molecular weight excluding hydrogens is 262 g/mol. The van der Waals surface area contributed by atoms with Gasteiger partial charge in [-0.25, -0.2) is 19.0 Å². The molecule has 2 unspecified atom stereocenters. The van der Waals surface area contributed by atoms with Gasteiger partial charge in [0.15, 0.2) is 6.04 Å². The molecule has 0 saturated carbocycles. The van der Waals surface area contributed by atoms with Gasteiger partial charge in [0.05, 0.1) is 6.04 Å². The molecule has 1 aromatic heterocycles. The van der Waals surface area contributed by atoms with E-state index in [0.29, 0.717) is 0 Å². The minimum atomic E-state index is -0.903. The SMILES string of the molecule is NC(=O)C1C=CC(C2CCNCC2)n2c(=O)[nH]c(=O)n21. The molecule has 3 rings (SSSR count). The Morgan fingerprint density at radius 1 is 1.15 bits per heavy atom. The fourth-order valence-electron chi connectivity index (χ4n) is 3.08. The Hall–Kier alpha value is -2.09. The van der Waals surface area contributed by atoms with Gasteiger partial charge in [-0.3, -0.25) is 9.78 Å². The van der Waals surface area contributed by atoms with E-state index in [1.165, 1.54) is 4.68 Å². The summed E-state index contributed by atoms with van der Waals surface area (Å²) in [6.07, 6.45) is 5.27. The molecular formula is C12H17N5O3. The maximum Gasteiger partial charge on any atom is 0.345 e. The molecule has 4 N–H and O–H groups in total. The fourth-order valence-corrected chi connectivity index (χ4v) is 3.08. The molecule has 1 fully saturated rings. The van der Waals surface area contributed by atoms with Crippen LogP contribution in [0.15, 0.2) is 21.7 Å². The summed E-state index contributed by atoms with van der Waals surface area (Å²) >= 11 is 0. The number of aromatic amines is 1. The topological polar surface area (TPSA) is 115 Å². The number of nitrogens with zero attached hydrogens (tertiary/aromatic N) is 2. The van der Waals surface area contributed by atoms with Crippen molar-refractivity contribution in [3.8, 4) is 0 Å². The average molecular weight is 279 g/mol. The van der Waals surface area contributed by atoms with Crippen LogP contribution >= 0.6 is 0 Å². The number of rotatable bonds is 2. The molecule has 3 heterocycles. The van der Waals surface area contributed by atoms with Gasteiger partial charge >= 0.3 is 11.4 Å². The first-order valence-electron chi connectivity index (χ1n) is 6.71. The van der Waals surface area contributed by atoms with Gasteiger partial charge in [-0.15, -0.1) is 0 Å². The van der Waals surface area contributed by atoms with Gasteiger partial charge < -0.3 is 11.1 Å². The first-order chi connectivity index (χ1) is 9.59. The Morgan fingerprint density at radius 3 is 2.45 bits per heavy atom. The van der Waals surface area contributed by atoms with E-state index in [4.69, 9.17) is 5.73 Å². The first-order valence-corrected chi connectivity index (χ1v) is 6.71. The van der Waals surface area contributed by atoms with E-state index in [2.05, 4.69) is 10.3 Å². The van der Waals surface area contributed by atoms with Crippen LogP contribution in [-0.4, -0.2) is 33.3 Å². The molecule has 2 aliphatic heterocycles. The Bertz CT molecular complexity index is 661. The number of aromatic nitrogens is 3. The number of fused-ring (bicyclic) bond motifs is 1. The zero-order chi connectivity index (χ0) is 14.3. The Labute approximate surface area is 114 Å². The molecule has 1 saturated heterocycles. The van der Waals surface area contributed by atoms with Gasteiger partial charge in [0, 0.05) is 0 Å². The number of nitrogens with one attached hydrogen (secondary N) is 2. The maximum absolute atomic E-state index is 12.0. The Morgan fingerprint density at radius 2 is 1.80 bits per heavy atom. The van der Waals surface area contributed by atoms with Crippen molar-refractivity contribution < 1.29 is 4.79 Å². The van der Waals surface area contributed by atoms with Crippen molar-refractivity contribution in [2.24, 2.45) is 11.7 Å². The molecule has 1 aromatic rings. The van der Waals surface area contributed by atoms with Crippen molar-refractivity contribution in [3.05, 3.63) is 33.1 Å². The van der Waals surface area contributed by atoms with Gasteiger partial charge in [-0.2, -0.15) is 0 Å². The number of hydrogen-bond acceptors (Lipinski definition) is 4. The van der Waals surface area contributed by atoms with Gasteiger partial charge in [0.25, 0.3) is 0 Å². The number of carbonyl (C=O) groups is 1. The number of nitrogens with two attached hydrogens (primary N) is 1. The van der Waals surface area contributed by atoms with Gasteiger partial charge in [0.2, 0.25) is 5.91 Å². The summed E-state index contributed by atoms with van der Waals surface area (Å²) in [6.45, 7) is 1.77. The Kier molecular flexibility index (Phi) is 3.09. The number of hydrogen-bond donors (Lipinski definition) is 3. The van der Waals surface area contributed by atoms with Crippen molar-refractivity contribution >= 4 is 5.91 Å². The van der Waals surface area contributed by atoms with Gasteiger partial charge in [0.1, 0.15) is 0 Å². The summed E-state index contributed by atoms with van der Waals surface area (Å²) < 4.78 is 2.48. The normalized spacial score (nSPS) is 26.4. The maximum atomic E-state index is 12.0.